The smallest absolute Gasteiger partial charge is 0.410 e. The SMILES string of the molecule is CCCCOC(=O)N1C[C@@H](CO)[C@@H]2Oc3c(C)cccc3[C@@H]21. The summed E-state index contributed by atoms with van der Waals surface area (Å²) >= 11 is 0. The van der Waals surface area contributed by atoms with E-state index in [1.54, 1.807) is 4.90 Å². The molecule has 1 saturated heterocycles. The number of ether oxygens (including phenoxy) is 2. The molecule has 0 spiro atoms. The van der Waals surface area contributed by atoms with Gasteiger partial charge in [0.25, 0.3) is 0 Å². The molecule has 3 rings (SSSR count). The summed E-state index contributed by atoms with van der Waals surface area (Å²) in [5.41, 5.74) is 2.08. The van der Waals surface area contributed by atoms with Crippen molar-refractivity contribution in [3.05, 3.63) is 29.3 Å². The van der Waals surface area contributed by atoms with Crippen molar-refractivity contribution in [2.75, 3.05) is 19.8 Å². The predicted octanol–water partition coefficient (Wildman–Crippen LogP) is 2.66. The molecule has 2 heterocycles. The van der Waals surface area contributed by atoms with Gasteiger partial charge in [0.15, 0.2) is 0 Å². The lowest BCUT2D eigenvalue weighted by atomic mass is 9.98. The first-order chi connectivity index (χ1) is 10.7. The van der Waals surface area contributed by atoms with Gasteiger partial charge in [-0.1, -0.05) is 31.5 Å². The van der Waals surface area contributed by atoms with Crippen molar-refractivity contribution in [3.8, 4) is 5.75 Å². The van der Waals surface area contributed by atoms with E-state index in [-0.39, 0.29) is 30.8 Å². The van der Waals surface area contributed by atoms with Crippen molar-refractivity contribution in [1.82, 2.24) is 4.90 Å². The van der Waals surface area contributed by atoms with E-state index in [0.717, 1.165) is 29.7 Å². The van der Waals surface area contributed by atoms with Gasteiger partial charge in [0, 0.05) is 18.0 Å². The normalized spacial score (nSPS) is 25.6. The number of amides is 1. The van der Waals surface area contributed by atoms with Crippen LogP contribution in [0.5, 0.6) is 5.75 Å². The first kappa shape index (κ1) is 15.2. The minimum atomic E-state index is -0.308. The summed E-state index contributed by atoms with van der Waals surface area (Å²) in [5.74, 6) is 0.775. The molecule has 5 heteroatoms. The van der Waals surface area contributed by atoms with Crippen LogP contribution in [-0.4, -0.2) is 42.0 Å². The third-order valence-electron chi connectivity index (χ3n) is 4.55. The molecule has 120 valence electrons. The van der Waals surface area contributed by atoms with Crippen LogP contribution in [0.3, 0.4) is 0 Å². The minimum Gasteiger partial charge on any atom is -0.487 e. The largest absolute Gasteiger partial charge is 0.487 e. The molecule has 2 aliphatic rings. The molecule has 0 aromatic heterocycles. The van der Waals surface area contributed by atoms with Crippen LogP contribution in [-0.2, 0) is 4.74 Å². The molecule has 1 aromatic rings. The fourth-order valence-electron chi connectivity index (χ4n) is 3.35. The van der Waals surface area contributed by atoms with Crippen LogP contribution >= 0.6 is 0 Å². The highest BCUT2D eigenvalue weighted by Crippen LogP contribution is 2.48. The highest BCUT2D eigenvalue weighted by atomic mass is 16.6. The number of rotatable bonds is 4. The number of benzene rings is 1. The first-order valence-electron chi connectivity index (χ1n) is 7.97. The van der Waals surface area contributed by atoms with Gasteiger partial charge in [0.05, 0.1) is 13.2 Å². The van der Waals surface area contributed by atoms with E-state index < -0.39 is 0 Å². The molecule has 0 saturated carbocycles. The number of likely N-dealkylation sites (tertiary alicyclic amines) is 1. The molecule has 1 aromatic carbocycles. The molecule has 0 radical (unpaired) electrons. The summed E-state index contributed by atoms with van der Waals surface area (Å²) in [6.07, 6.45) is 1.37. The Hall–Kier alpha value is -1.75. The van der Waals surface area contributed by atoms with Gasteiger partial charge in [-0.2, -0.15) is 0 Å². The first-order valence-corrected chi connectivity index (χ1v) is 7.97. The molecular formula is C17H23NO4. The van der Waals surface area contributed by atoms with Gasteiger partial charge >= 0.3 is 6.09 Å². The second-order valence-corrected chi connectivity index (χ2v) is 6.08. The quantitative estimate of drug-likeness (QED) is 0.869. The van der Waals surface area contributed by atoms with Gasteiger partial charge in [-0.25, -0.2) is 4.79 Å². The standard InChI is InChI=1S/C17H23NO4/c1-3-4-8-21-17(20)18-9-12(10-19)16-14(18)13-7-5-6-11(2)15(13)22-16/h5-7,12,14,16,19H,3-4,8-10H2,1-2H3/t12-,14-,16-/m0/s1. The van der Waals surface area contributed by atoms with Gasteiger partial charge in [0.1, 0.15) is 17.9 Å². The van der Waals surface area contributed by atoms with Crippen LogP contribution in [0.4, 0.5) is 4.79 Å². The van der Waals surface area contributed by atoms with Crippen LogP contribution in [0, 0.1) is 12.8 Å². The Morgan fingerprint density at radius 1 is 1.50 bits per heavy atom. The van der Waals surface area contributed by atoms with E-state index in [9.17, 15) is 9.90 Å². The lowest BCUT2D eigenvalue weighted by Gasteiger charge is -2.22. The van der Waals surface area contributed by atoms with Gasteiger partial charge in [-0.05, 0) is 18.9 Å². The average Bonchev–Trinajstić information content (AvgIpc) is 3.05. The number of hydrogen-bond donors (Lipinski definition) is 1. The molecule has 2 aliphatic heterocycles. The monoisotopic (exact) mass is 305 g/mol. The van der Waals surface area contributed by atoms with Crippen molar-refractivity contribution in [3.63, 3.8) is 0 Å². The van der Waals surface area contributed by atoms with E-state index in [1.807, 2.05) is 25.1 Å². The van der Waals surface area contributed by atoms with Gasteiger partial charge < -0.3 is 14.6 Å². The molecule has 1 N–H and O–H groups in total. The number of para-hydroxylation sites is 1. The summed E-state index contributed by atoms with van der Waals surface area (Å²) in [6.45, 7) is 4.98. The summed E-state index contributed by atoms with van der Waals surface area (Å²) in [4.78, 5) is 14.1. The molecule has 1 amide bonds. The topological polar surface area (TPSA) is 59.0 Å². The Balaban J connectivity index is 1.84. The molecule has 0 unspecified atom stereocenters. The van der Waals surface area contributed by atoms with Gasteiger partial charge in [0.2, 0.25) is 0 Å². The fraction of sp³-hybridized carbons (Fsp3) is 0.588. The van der Waals surface area contributed by atoms with Crippen molar-refractivity contribution in [2.45, 2.75) is 38.8 Å². The fourth-order valence-corrected chi connectivity index (χ4v) is 3.35. The van der Waals surface area contributed by atoms with Crippen molar-refractivity contribution >= 4 is 6.09 Å². The predicted molar refractivity (Wildman–Crippen MR) is 81.9 cm³/mol. The lowest BCUT2D eigenvalue weighted by Crippen LogP contribution is -2.32. The van der Waals surface area contributed by atoms with Gasteiger partial charge in [-0.15, -0.1) is 0 Å². The van der Waals surface area contributed by atoms with Crippen molar-refractivity contribution < 1.29 is 19.4 Å². The average molecular weight is 305 g/mol. The Kier molecular flexibility index (Phi) is 4.25. The van der Waals surface area contributed by atoms with E-state index in [1.165, 1.54) is 0 Å². The number of unbranched alkanes of at least 4 members (excludes halogenated alkanes) is 1. The Bertz CT molecular complexity index is 560. The second kappa shape index (κ2) is 6.16. The highest BCUT2D eigenvalue weighted by Gasteiger charge is 2.51. The third kappa shape index (κ3) is 2.43. The maximum Gasteiger partial charge on any atom is 0.410 e. The molecule has 0 bridgehead atoms. The number of hydrogen-bond acceptors (Lipinski definition) is 4. The van der Waals surface area contributed by atoms with E-state index in [4.69, 9.17) is 9.47 Å². The lowest BCUT2D eigenvalue weighted by molar-refractivity contribution is 0.0888. The zero-order valence-electron chi connectivity index (χ0n) is 13.1. The van der Waals surface area contributed by atoms with Crippen molar-refractivity contribution in [2.24, 2.45) is 5.92 Å². The highest BCUT2D eigenvalue weighted by molar-refractivity contribution is 5.70. The molecule has 5 nitrogen and oxygen atoms in total. The zero-order chi connectivity index (χ0) is 15.7. The summed E-state index contributed by atoms with van der Waals surface area (Å²) < 4.78 is 11.4. The Morgan fingerprint density at radius 2 is 2.32 bits per heavy atom. The Labute approximate surface area is 130 Å². The van der Waals surface area contributed by atoms with Gasteiger partial charge in [-0.3, -0.25) is 4.90 Å². The maximum absolute atomic E-state index is 12.4. The Morgan fingerprint density at radius 3 is 3.05 bits per heavy atom. The number of aliphatic hydroxyl groups is 1. The summed E-state index contributed by atoms with van der Waals surface area (Å²) in [7, 11) is 0. The van der Waals surface area contributed by atoms with Crippen molar-refractivity contribution in [1.29, 1.82) is 0 Å². The number of carbonyl (C=O) groups is 1. The number of fused-ring (bicyclic) bond motifs is 3. The van der Waals surface area contributed by atoms with Crippen LogP contribution in [0.2, 0.25) is 0 Å². The summed E-state index contributed by atoms with van der Waals surface area (Å²) in [5, 5.41) is 9.62. The maximum atomic E-state index is 12.4. The minimum absolute atomic E-state index is 0.00689. The summed E-state index contributed by atoms with van der Waals surface area (Å²) in [6, 6.07) is 5.82. The molecule has 22 heavy (non-hydrogen) atoms. The second-order valence-electron chi connectivity index (χ2n) is 6.08. The third-order valence-corrected chi connectivity index (χ3v) is 4.55. The van der Waals surface area contributed by atoms with Crippen LogP contribution in [0.1, 0.15) is 36.9 Å². The van der Waals surface area contributed by atoms with E-state index in [0.29, 0.717) is 13.2 Å². The molecule has 1 fully saturated rings. The number of aliphatic hydroxyl groups excluding tert-OH is 1. The number of aryl methyl sites for hydroxylation is 1. The van der Waals surface area contributed by atoms with E-state index in [2.05, 4.69) is 6.92 Å². The van der Waals surface area contributed by atoms with Crippen LogP contribution < -0.4 is 4.74 Å². The van der Waals surface area contributed by atoms with Crippen LogP contribution in [0.25, 0.3) is 0 Å². The zero-order valence-corrected chi connectivity index (χ0v) is 13.1. The van der Waals surface area contributed by atoms with Crippen LogP contribution in [0.15, 0.2) is 18.2 Å². The van der Waals surface area contributed by atoms with E-state index >= 15 is 0 Å². The molecule has 3 atom stereocenters. The molecule has 0 aliphatic carbocycles. The number of carbonyl (C=O) groups excluding carboxylic acids is 1. The molecular weight excluding hydrogens is 282 g/mol. The number of nitrogens with zero attached hydrogens (tertiary/aromatic N) is 1.